The summed E-state index contributed by atoms with van der Waals surface area (Å²) in [5, 5.41) is 0. The van der Waals surface area contributed by atoms with E-state index in [-0.39, 0.29) is 6.10 Å². The molecule has 1 N–H and O–H groups in total. The first kappa shape index (κ1) is 9.80. The van der Waals surface area contributed by atoms with Crippen LogP contribution in [-0.2, 0) is 4.84 Å². The monoisotopic (exact) mass is 183 g/mol. The van der Waals surface area contributed by atoms with Gasteiger partial charge in [0, 0.05) is 0 Å². The maximum absolute atomic E-state index is 11.6. The van der Waals surface area contributed by atoms with E-state index in [9.17, 15) is 13.2 Å². The van der Waals surface area contributed by atoms with Crippen LogP contribution in [0, 0.1) is 0 Å². The summed E-state index contributed by atoms with van der Waals surface area (Å²) < 4.78 is 34.8. The molecule has 0 saturated heterocycles. The highest BCUT2D eigenvalue weighted by atomic mass is 19.4. The zero-order valence-corrected chi connectivity index (χ0v) is 6.66. The topological polar surface area (TPSA) is 21.3 Å². The van der Waals surface area contributed by atoms with Crippen molar-refractivity contribution in [2.24, 2.45) is 0 Å². The van der Waals surface area contributed by atoms with Crippen LogP contribution < -0.4 is 5.48 Å². The molecule has 0 aromatic carbocycles. The first-order chi connectivity index (χ1) is 5.58. The highest BCUT2D eigenvalue weighted by Gasteiger charge is 2.27. The molecule has 12 heavy (non-hydrogen) atoms. The Hall–Kier alpha value is -0.290. The molecule has 0 aliphatic heterocycles. The molecule has 0 aromatic heterocycles. The van der Waals surface area contributed by atoms with E-state index >= 15 is 0 Å². The summed E-state index contributed by atoms with van der Waals surface area (Å²) in [4.78, 5) is 4.81. The van der Waals surface area contributed by atoms with Gasteiger partial charge in [0.1, 0.15) is 6.54 Å². The second-order valence-electron chi connectivity index (χ2n) is 2.96. The van der Waals surface area contributed by atoms with E-state index in [1.165, 1.54) is 0 Å². The van der Waals surface area contributed by atoms with E-state index in [0.29, 0.717) is 0 Å². The van der Waals surface area contributed by atoms with Crippen LogP contribution in [0.25, 0.3) is 0 Å². The lowest BCUT2D eigenvalue weighted by Gasteiger charge is -2.12. The Labute approximate surface area is 69.0 Å². The van der Waals surface area contributed by atoms with Gasteiger partial charge >= 0.3 is 6.18 Å². The normalized spacial score (nSPS) is 20.2. The van der Waals surface area contributed by atoms with Gasteiger partial charge in [0.2, 0.25) is 0 Å². The average Bonchev–Trinajstić information content (AvgIpc) is 2.36. The van der Waals surface area contributed by atoms with Crippen molar-refractivity contribution in [3.8, 4) is 0 Å². The molecule has 0 unspecified atom stereocenters. The van der Waals surface area contributed by atoms with Crippen molar-refractivity contribution in [2.45, 2.75) is 38.0 Å². The first-order valence-electron chi connectivity index (χ1n) is 4.03. The van der Waals surface area contributed by atoms with Crippen LogP contribution in [0.5, 0.6) is 0 Å². The van der Waals surface area contributed by atoms with Crippen LogP contribution in [-0.4, -0.2) is 18.8 Å². The van der Waals surface area contributed by atoms with Crippen molar-refractivity contribution >= 4 is 0 Å². The standard InChI is InChI=1S/C7H12F3NO/c8-7(9,10)5-11-12-6-3-1-2-4-6/h6,11H,1-5H2. The average molecular weight is 183 g/mol. The molecule has 1 fully saturated rings. The predicted molar refractivity (Wildman–Crippen MR) is 37.4 cm³/mol. The Balaban J connectivity index is 2.02. The molecule has 0 aromatic rings. The van der Waals surface area contributed by atoms with Crippen molar-refractivity contribution in [3.05, 3.63) is 0 Å². The summed E-state index contributed by atoms with van der Waals surface area (Å²) in [7, 11) is 0. The smallest absolute Gasteiger partial charge is 0.298 e. The van der Waals surface area contributed by atoms with Gasteiger partial charge in [0.25, 0.3) is 0 Å². The molecule has 0 radical (unpaired) electrons. The van der Waals surface area contributed by atoms with Crippen LogP contribution in [0.1, 0.15) is 25.7 Å². The van der Waals surface area contributed by atoms with Gasteiger partial charge in [-0.1, -0.05) is 12.8 Å². The summed E-state index contributed by atoms with van der Waals surface area (Å²) in [5.41, 5.74) is 1.94. The van der Waals surface area contributed by atoms with E-state index in [1.54, 1.807) is 0 Å². The van der Waals surface area contributed by atoms with Gasteiger partial charge in [-0.15, -0.1) is 0 Å². The lowest BCUT2D eigenvalue weighted by atomic mass is 10.3. The van der Waals surface area contributed by atoms with Crippen LogP contribution in [0.3, 0.4) is 0 Å². The molecular formula is C7H12F3NO. The Morgan fingerprint density at radius 3 is 2.33 bits per heavy atom. The lowest BCUT2D eigenvalue weighted by molar-refractivity contribution is -0.157. The fourth-order valence-electron chi connectivity index (χ4n) is 1.25. The number of hydrogen-bond acceptors (Lipinski definition) is 2. The second-order valence-corrected chi connectivity index (χ2v) is 2.96. The zero-order valence-electron chi connectivity index (χ0n) is 6.66. The zero-order chi connectivity index (χ0) is 9.03. The molecule has 1 saturated carbocycles. The van der Waals surface area contributed by atoms with Crippen LogP contribution in [0.15, 0.2) is 0 Å². The molecule has 72 valence electrons. The summed E-state index contributed by atoms with van der Waals surface area (Å²) in [5.74, 6) is 0. The van der Waals surface area contributed by atoms with Crippen LogP contribution in [0.4, 0.5) is 13.2 Å². The fourth-order valence-corrected chi connectivity index (χ4v) is 1.25. The quantitative estimate of drug-likeness (QED) is 0.676. The molecule has 5 heteroatoms. The summed E-state index contributed by atoms with van der Waals surface area (Å²) in [6.45, 7) is -1.07. The number of nitrogens with one attached hydrogen (secondary N) is 1. The highest BCUT2D eigenvalue weighted by molar-refractivity contribution is 4.65. The molecular weight excluding hydrogens is 171 g/mol. The molecule has 1 rings (SSSR count). The molecule has 1 aliphatic carbocycles. The molecule has 0 atom stereocenters. The maximum Gasteiger partial charge on any atom is 0.403 e. The Morgan fingerprint density at radius 1 is 1.25 bits per heavy atom. The highest BCUT2D eigenvalue weighted by Crippen LogP contribution is 2.20. The number of halogens is 3. The fraction of sp³-hybridized carbons (Fsp3) is 1.00. The molecule has 0 spiro atoms. The van der Waals surface area contributed by atoms with Crippen molar-refractivity contribution < 1.29 is 18.0 Å². The number of rotatable bonds is 3. The van der Waals surface area contributed by atoms with E-state index in [0.717, 1.165) is 25.7 Å². The van der Waals surface area contributed by atoms with E-state index in [1.807, 2.05) is 5.48 Å². The third-order valence-electron chi connectivity index (χ3n) is 1.82. The van der Waals surface area contributed by atoms with Crippen LogP contribution in [0.2, 0.25) is 0 Å². The molecule has 2 nitrogen and oxygen atoms in total. The number of hydroxylamine groups is 1. The largest absolute Gasteiger partial charge is 0.403 e. The third-order valence-corrected chi connectivity index (χ3v) is 1.82. The first-order valence-corrected chi connectivity index (χ1v) is 4.03. The summed E-state index contributed by atoms with van der Waals surface area (Å²) in [6.07, 6.45) is -0.363. The Morgan fingerprint density at radius 2 is 1.83 bits per heavy atom. The van der Waals surface area contributed by atoms with Gasteiger partial charge in [-0.25, -0.2) is 0 Å². The molecule has 0 bridgehead atoms. The van der Waals surface area contributed by atoms with Gasteiger partial charge in [0.05, 0.1) is 6.10 Å². The van der Waals surface area contributed by atoms with E-state index < -0.39 is 12.7 Å². The minimum Gasteiger partial charge on any atom is -0.298 e. The summed E-state index contributed by atoms with van der Waals surface area (Å²) in [6, 6.07) is 0. The van der Waals surface area contributed by atoms with Crippen LogP contribution >= 0.6 is 0 Å². The number of alkyl halides is 3. The third kappa shape index (κ3) is 3.92. The summed E-state index contributed by atoms with van der Waals surface area (Å²) >= 11 is 0. The van der Waals surface area contributed by atoms with Gasteiger partial charge in [-0.05, 0) is 12.8 Å². The van der Waals surface area contributed by atoms with Gasteiger partial charge < -0.3 is 0 Å². The van der Waals surface area contributed by atoms with E-state index in [4.69, 9.17) is 4.84 Å². The van der Waals surface area contributed by atoms with Gasteiger partial charge in [-0.2, -0.15) is 18.7 Å². The number of hydrogen-bond donors (Lipinski definition) is 1. The minimum absolute atomic E-state index is 0.0210. The Bertz CT molecular complexity index is 131. The molecule has 0 heterocycles. The van der Waals surface area contributed by atoms with Crippen molar-refractivity contribution in [2.75, 3.05) is 6.54 Å². The minimum atomic E-state index is -4.18. The van der Waals surface area contributed by atoms with E-state index in [2.05, 4.69) is 0 Å². The van der Waals surface area contributed by atoms with Crippen molar-refractivity contribution in [1.82, 2.24) is 5.48 Å². The van der Waals surface area contributed by atoms with Crippen molar-refractivity contribution in [1.29, 1.82) is 0 Å². The predicted octanol–water partition coefficient (Wildman–Crippen LogP) is 2.01. The SMILES string of the molecule is FC(F)(F)CNOC1CCCC1. The van der Waals surface area contributed by atoms with Gasteiger partial charge in [-0.3, -0.25) is 4.84 Å². The second kappa shape index (κ2) is 4.09. The molecule has 0 amide bonds. The lowest BCUT2D eigenvalue weighted by Crippen LogP contribution is -2.31. The molecule has 1 aliphatic rings. The Kier molecular flexibility index (Phi) is 3.34. The maximum atomic E-state index is 11.6. The van der Waals surface area contributed by atoms with Crippen molar-refractivity contribution in [3.63, 3.8) is 0 Å². The van der Waals surface area contributed by atoms with Gasteiger partial charge in [0.15, 0.2) is 0 Å².